The molecule has 2 amide bonds. The Kier molecular flexibility index (Phi) is 9.02. The van der Waals surface area contributed by atoms with Crippen molar-refractivity contribution in [1.82, 2.24) is 24.1 Å². The minimum absolute atomic E-state index is 0.0188. The van der Waals surface area contributed by atoms with Crippen molar-refractivity contribution in [2.45, 2.75) is 25.9 Å². The molecule has 0 spiro atoms. The van der Waals surface area contributed by atoms with Crippen molar-refractivity contribution in [3.8, 4) is 17.0 Å². The third-order valence-corrected chi connectivity index (χ3v) is 9.94. The van der Waals surface area contributed by atoms with Crippen molar-refractivity contribution >= 4 is 34.8 Å². The van der Waals surface area contributed by atoms with Gasteiger partial charge in [0.15, 0.2) is 0 Å². The van der Waals surface area contributed by atoms with Crippen LogP contribution >= 0.6 is 11.6 Å². The summed E-state index contributed by atoms with van der Waals surface area (Å²) in [5.74, 6) is -0.249. The van der Waals surface area contributed by atoms with Gasteiger partial charge in [-0.25, -0.2) is 0 Å². The maximum absolute atomic E-state index is 14.7. The second-order valence-corrected chi connectivity index (χ2v) is 13.2. The number of carbonyl (C=O) groups excluding carboxylic acids is 2. The van der Waals surface area contributed by atoms with Gasteiger partial charge in [0.2, 0.25) is 0 Å². The number of phenolic OH excluding ortho intramolecular Hbond substituents is 1. The zero-order chi connectivity index (χ0) is 34.2. The van der Waals surface area contributed by atoms with Crippen LogP contribution in [0.5, 0.6) is 5.75 Å². The van der Waals surface area contributed by atoms with Crippen LogP contribution in [0.3, 0.4) is 0 Å². The van der Waals surface area contributed by atoms with Crippen molar-refractivity contribution in [2.75, 3.05) is 37.7 Å². The number of phenols is 1. The Bertz CT molecular complexity index is 2010. The van der Waals surface area contributed by atoms with Crippen LogP contribution in [0, 0.1) is 6.92 Å². The van der Waals surface area contributed by atoms with Crippen molar-refractivity contribution in [1.29, 1.82) is 0 Å². The first-order valence-electron chi connectivity index (χ1n) is 16.4. The lowest BCUT2D eigenvalue weighted by molar-refractivity contribution is 0.0193. The first-order valence-corrected chi connectivity index (χ1v) is 16.8. The molecular formula is C38H39ClN6O4. The van der Waals surface area contributed by atoms with Gasteiger partial charge in [0.1, 0.15) is 5.75 Å². The predicted octanol–water partition coefficient (Wildman–Crippen LogP) is 5.97. The van der Waals surface area contributed by atoms with E-state index in [9.17, 15) is 14.7 Å². The molecule has 1 N–H and O–H groups in total. The van der Waals surface area contributed by atoms with Gasteiger partial charge in [0, 0.05) is 85.7 Å². The van der Waals surface area contributed by atoms with Crippen LogP contribution in [-0.4, -0.2) is 80.0 Å². The van der Waals surface area contributed by atoms with Gasteiger partial charge >= 0.3 is 0 Å². The number of halogens is 1. The number of aromatic nitrogens is 3. The number of hydrogen-bond donors (Lipinski definition) is 1. The molecule has 49 heavy (non-hydrogen) atoms. The van der Waals surface area contributed by atoms with Crippen molar-refractivity contribution in [3.63, 3.8) is 0 Å². The van der Waals surface area contributed by atoms with Gasteiger partial charge in [-0.1, -0.05) is 35.9 Å². The van der Waals surface area contributed by atoms with E-state index in [1.54, 1.807) is 65.4 Å². The van der Waals surface area contributed by atoms with Gasteiger partial charge in [-0.2, -0.15) is 5.10 Å². The van der Waals surface area contributed by atoms with Crippen molar-refractivity contribution in [3.05, 3.63) is 118 Å². The molecule has 252 valence electrons. The highest BCUT2D eigenvalue weighted by molar-refractivity contribution is 6.31. The summed E-state index contributed by atoms with van der Waals surface area (Å²) in [5.41, 5.74) is 6.65. The fourth-order valence-electron chi connectivity index (χ4n) is 6.94. The summed E-state index contributed by atoms with van der Waals surface area (Å²) in [6, 6.07) is 22.0. The molecule has 3 aromatic carbocycles. The molecule has 1 fully saturated rings. The third-order valence-electron chi connectivity index (χ3n) is 9.70. The summed E-state index contributed by atoms with van der Waals surface area (Å²) in [6.45, 7) is 6.22. The third kappa shape index (κ3) is 6.47. The Balaban J connectivity index is 1.27. The predicted molar refractivity (Wildman–Crippen MR) is 189 cm³/mol. The second kappa shape index (κ2) is 13.5. The minimum Gasteiger partial charge on any atom is -0.508 e. The summed E-state index contributed by atoms with van der Waals surface area (Å²) in [4.78, 5) is 35.1. The van der Waals surface area contributed by atoms with E-state index in [0.29, 0.717) is 58.5 Å². The topological polar surface area (TPSA) is 96.1 Å². The molecule has 0 bridgehead atoms. The number of nitrogens with zero attached hydrogens (tertiary/aromatic N) is 6. The zero-order valence-electron chi connectivity index (χ0n) is 27.8. The Morgan fingerprint density at radius 3 is 2.41 bits per heavy atom. The number of rotatable bonds is 7. The molecule has 10 nitrogen and oxygen atoms in total. The minimum atomic E-state index is -0.272. The molecule has 2 aliphatic rings. The number of fused-ring (bicyclic) bond motifs is 1. The Morgan fingerprint density at radius 1 is 0.959 bits per heavy atom. The van der Waals surface area contributed by atoms with Crippen molar-refractivity contribution < 1.29 is 19.4 Å². The number of aryl methyl sites for hydroxylation is 1. The SMILES string of the molecule is Cc1c(C(=O)N(c2ccc(O)cc2)c2cnn(C)c2)cc(-c2cc(Cl)ccc2C(=O)N2Cc3ccccc3C[C@H]2CN2CCOCC2)n1C. The van der Waals surface area contributed by atoms with Crippen LogP contribution < -0.4 is 4.90 Å². The van der Waals surface area contributed by atoms with Gasteiger partial charge in [0.05, 0.1) is 30.7 Å². The summed E-state index contributed by atoms with van der Waals surface area (Å²) < 4.78 is 9.17. The van der Waals surface area contributed by atoms with Gasteiger partial charge in [-0.3, -0.25) is 24.1 Å². The molecule has 5 aromatic rings. The average Bonchev–Trinajstić information content (AvgIpc) is 3.67. The summed E-state index contributed by atoms with van der Waals surface area (Å²) in [6.07, 6.45) is 4.16. The lowest BCUT2D eigenvalue weighted by atomic mass is 9.92. The number of ether oxygens (including phenoxy) is 1. The van der Waals surface area contributed by atoms with E-state index in [-0.39, 0.29) is 23.6 Å². The molecule has 1 atom stereocenters. The van der Waals surface area contributed by atoms with Crippen LogP contribution in [-0.2, 0) is 31.8 Å². The molecule has 2 aromatic heterocycles. The van der Waals surface area contributed by atoms with Gasteiger partial charge < -0.3 is 19.3 Å². The van der Waals surface area contributed by atoms with Gasteiger partial charge in [0.25, 0.3) is 11.8 Å². The van der Waals surface area contributed by atoms with Gasteiger partial charge in [-0.15, -0.1) is 0 Å². The van der Waals surface area contributed by atoms with Crippen LogP contribution in [0.2, 0.25) is 5.02 Å². The van der Waals surface area contributed by atoms with E-state index >= 15 is 0 Å². The number of morpholine rings is 1. The maximum atomic E-state index is 14.7. The largest absolute Gasteiger partial charge is 0.508 e. The van der Waals surface area contributed by atoms with Gasteiger partial charge in [-0.05, 0) is 73.0 Å². The molecule has 4 heterocycles. The van der Waals surface area contributed by atoms with Crippen molar-refractivity contribution in [2.24, 2.45) is 14.1 Å². The van der Waals surface area contributed by atoms with E-state index in [1.165, 1.54) is 5.56 Å². The van der Waals surface area contributed by atoms with E-state index < -0.39 is 0 Å². The smallest absolute Gasteiger partial charge is 0.264 e. The van der Waals surface area contributed by atoms with Crippen LogP contribution in [0.25, 0.3) is 11.3 Å². The number of carbonyl (C=O) groups is 2. The number of anilines is 2. The van der Waals surface area contributed by atoms with E-state index in [2.05, 4.69) is 28.2 Å². The molecule has 0 radical (unpaired) electrons. The molecule has 11 heteroatoms. The highest BCUT2D eigenvalue weighted by Crippen LogP contribution is 2.36. The zero-order valence-corrected chi connectivity index (χ0v) is 28.6. The Labute approximate surface area is 290 Å². The first kappa shape index (κ1) is 32.6. The molecule has 1 saturated heterocycles. The quantitative estimate of drug-likeness (QED) is 0.228. The fourth-order valence-corrected chi connectivity index (χ4v) is 7.12. The first-order chi connectivity index (χ1) is 23.7. The average molecular weight is 679 g/mol. The maximum Gasteiger partial charge on any atom is 0.264 e. The molecule has 2 aliphatic heterocycles. The number of hydrogen-bond acceptors (Lipinski definition) is 6. The van der Waals surface area contributed by atoms with Crippen LogP contribution in [0.15, 0.2) is 85.2 Å². The Morgan fingerprint density at radius 2 is 1.69 bits per heavy atom. The van der Waals surface area contributed by atoms with E-state index in [0.717, 1.165) is 37.3 Å². The molecule has 0 aliphatic carbocycles. The Hall–Kier alpha value is -4.90. The normalized spacial score (nSPS) is 16.4. The summed E-state index contributed by atoms with van der Waals surface area (Å²) in [7, 11) is 3.68. The summed E-state index contributed by atoms with van der Waals surface area (Å²) >= 11 is 6.61. The standard InChI is InChI=1S/C38H39ClN6O4/c1-25-34(38(48)45(31-21-40-41(2)23-31)29-9-11-32(46)12-10-29)20-36(42(25)3)35-19-28(39)8-13-33(35)37(47)44-22-27-7-5-4-6-26(27)18-30(44)24-43-14-16-49-17-15-43/h4-13,19-21,23,30,46H,14-18,22,24H2,1-3H3/t30-/m0/s1. The lowest BCUT2D eigenvalue weighted by Crippen LogP contribution is -2.52. The highest BCUT2D eigenvalue weighted by Gasteiger charge is 2.34. The molecule has 7 rings (SSSR count). The number of benzene rings is 3. The number of amides is 2. The highest BCUT2D eigenvalue weighted by atomic mass is 35.5. The monoisotopic (exact) mass is 678 g/mol. The van der Waals surface area contributed by atoms with Crippen LogP contribution in [0.4, 0.5) is 11.4 Å². The molecular weight excluding hydrogens is 640 g/mol. The van der Waals surface area contributed by atoms with E-state index in [1.807, 2.05) is 41.6 Å². The summed E-state index contributed by atoms with van der Waals surface area (Å²) in [5, 5.41) is 14.7. The van der Waals surface area contributed by atoms with Crippen LogP contribution in [0.1, 0.15) is 37.5 Å². The number of aromatic hydroxyl groups is 1. The molecule has 0 unspecified atom stereocenters. The molecule has 0 saturated carbocycles. The van der Waals surface area contributed by atoms with E-state index in [4.69, 9.17) is 16.3 Å². The second-order valence-electron chi connectivity index (χ2n) is 12.8. The fraction of sp³-hybridized carbons (Fsp3) is 0.289. The lowest BCUT2D eigenvalue weighted by Gasteiger charge is -2.40.